The van der Waals surface area contributed by atoms with Gasteiger partial charge in [0.05, 0.1) is 12.6 Å². The van der Waals surface area contributed by atoms with Crippen molar-refractivity contribution >= 4 is 5.91 Å². The van der Waals surface area contributed by atoms with Crippen LogP contribution in [0.4, 0.5) is 0 Å². The van der Waals surface area contributed by atoms with Gasteiger partial charge >= 0.3 is 0 Å². The summed E-state index contributed by atoms with van der Waals surface area (Å²) in [6.45, 7) is 2.78. The number of carbonyl (C=O) groups excluding carboxylic acids is 1. The zero-order valence-corrected chi connectivity index (χ0v) is 7.86. The number of hydrogen-bond donors (Lipinski definition) is 3. The molecule has 0 bridgehead atoms. The van der Waals surface area contributed by atoms with E-state index in [4.69, 9.17) is 10.9 Å². The summed E-state index contributed by atoms with van der Waals surface area (Å²) in [5.41, 5.74) is 2.12. The van der Waals surface area contributed by atoms with Crippen molar-refractivity contribution in [1.82, 2.24) is 10.3 Å². The zero-order valence-electron chi connectivity index (χ0n) is 7.86. The van der Waals surface area contributed by atoms with Gasteiger partial charge in [0.2, 0.25) is 0 Å². The molecule has 0 radical (unpaired) electrons. The highest BCUT2D eigenvalue weighted by Crippen LogP contribution is 2.19. The molecule has 1 fully saturated rings. The van der Waals surface area contributed by atoms with Gasteiger partial charge in [-0.15, -0.1) is 0 Å². The van der Waals surface area contributed by atoms with Crippen LogP contribution in [0.1, 0.15) is 19.8 Å². The first-order chi connectivity index (χ1) is 6.20. The fraction of sp³-hybridized carbons (Fsp3) is 0.875. The molecule has 76 valence electrons. The third kappa shape index (κ3) is 2.18. The van der Waals surface area contributed by atoms with Gasteiger partial charge < -0.3 is 5.11 Å². The van der Waals surface area contributed by atoms with Crippen molar-refractivity contribution in [3.05, 3.63) is 0 Å². The predicted molar refractivity (Wildman–Crippen MR) is 48.6 cm³/mol. The van der Waals surface area contributed by atoms with Crippen LogP contribution in [0.3, 0.4) is 0 Å². The van der Waals surface area contributed by atoms with E-state index in [2.05, 4.69) is 5.43 Å². The molecule has 5 nitrogen and oxygen atoms in total. The summed E-state index contributed by atoms with van der Waals surface area (Å²) in [4.78, 5) is 13.2. The molecule has 2 atom stereocenters. The van der Waals surface area contributed by atoms with Crippen molar-refractivity contribution in [1.29, 1.82) is 0 Å². The summed E-state index contributed by atoms with van der Waals surface area (Å²) in [5, 5.41) is 9.04. The maximum Gasteiger partial charge on any atom is 0.250 e. The molecule has 1 saturated heterocycles. The van der Waals surface area contributed by atoms with Gasteiger partial charge in [-0.25, -0.2) is 5.84 Å². The van der Waals surface area contributed by atoms with Crippen LogP contribution >= 0.6 is 0 Å². The molecule has 5 heteroatoms. The molecular weight excluding hydrogens is 170 g/mol. The average molecular weight is 187 g/mol. The monoisotopic (exact) mass is 187 g/mol. The minimum absolute atomic E-state index is 0.113. The maximum absolute atomic E-state index is 11.2. The lowest BCUT2D eigenvalue weighted by Gasteiger charge is -2.27. The zero-order chi connectivity index (χ0) is 9.84. The first-order valence-electron chi connectivity index (χ1n) is 4.57. The Hall–Kier alpha value is -0.650. The summed E-state index contributed by atoms with van der Waals surface area (Å²) in [6, 6.07) is -0.128. The molecule has 4 N–H and O–H groups in total. The molecule has 0 aliphatic carbocycles. The Morgan fingerprint density at radius 2 is 2.54 bits per heavy atom. The third-order valence-corrected chi connectivity index (χ3v) is 2.65. The maximum atomic E-state index is 11.2. The fourth-order valence-electron chi connectivity index (χ4n) is 1.84. The van der Waals surface area contributed by atoms with Crippen molar-refractivity contribution in [2.24, 2.45) is 5.84 Å². The van der Waals surface area contributed by atoms with Crippen molar-refractivity contribution in [3.63, 3.8) is 0 Å². The van der Waals surface area contributed by atoms with E-state index in [0.29, 0.717) is 0 Å². The minimum atomic E-state index is -0.246. The molecule has 13 heavy (non-hydrogen) atoms. The molecule has 0 spiro atoms. The molecule has 1 heterocycles. The normalized spacial score (nSPS) is 25.9. The van der Waals surface area contributed by atoms with Crippen LogP contribution < -0.4 is 11.3 Å². The lowest BCUT2D eigenvalue weighted by atomic mass is 10.2. The molecule has 1 aliphatic rings. The van der Waals surface area contributed by atoms with Crippen molar-refractivity contribution in [3.8, 4) is 0 Å². The highest BCUT2D eigenvalue weighted by atomic mass is 16.3. The molecule has 0 aromatic rings. The van der Waals surface area contributed by atoms with Gasteiger partial charge in [-0.1, -0.05) is 0 Å². The number of hydrazine groups is 1. The van der Waals surface area contributed by atoms with Gasteiger partial charge in [-0.3, -0.25) is 15.1 Å². The van der Waals surface area contributed by atoms with Crippen LogP contribution in [0.15, 0.2) is 0 Å². The van der Waals surface area contributed by atoms with Crippen molar-refractivity contribution in [2.75, 3.05) is 13.2 Å². The highest BCUT2D eigenvalue weighted by molar-refractivity contribution is 5.80. The number of nitrogens with two attached hydrogens (primary N) is 1. The highest BCUT2D eigenvalue weighted by Gasteiger charge is 2.30. The van der Waals surface area contributed by atoms with E-state index in [-0.39, 0.29) is 24.6 Å². The van der Waals surface area contributed by atoms with Gasteiger partial charge in [0.25, 0.3) is 5.91 Å². The van der Waals surface area contributed by atoms with Crippen LogP contribution in [0.5, 0.6) is 0 Å². The summed E-state index contributed by atoms with van der Waals surface area (Å²) in [6.07, 6.45) is 1.99. The first-order valence-corrected chi connectivity index (χ1v) is 4.57. The van der Waals surface area contributed by atoms with Gasteiger partial charge in [0.1, 0.15) is 0 Å². The lowest BCUT2D eigenvalue weighted by Crippen LogP contribution is -2.49. The van der Waals surface area contributed by atoms with E-state index in [0.717, 1.165) is 19.4 Å². The topological polar surface area (TPSA) is 78.6 Å². The summed E-state index contributed by atoms with van der Waals surface area (Å²) in [5.74, 6) is 4.84. The van der Waals surface area contributed by atoms with E-state index in [1.807, 2.05) is 4.90 Å². The van der Waals surface area contributed by atoms with Crippen LogP contribution in [-0.2, 0) is 4.79 Å². The molecular formula is C8H17N3O2. The second kappa shape index (κ2) is 4.55. The minimum Gasteiger partial charge on any atom is -0.395 e. The second-order valence-electron chi connectivity index (χ2n) is 3.40. The number of likely N-dealkylation sites (tertiary alicyclic amines) is 1. The Morgan fingerprint density at radius 1 is 1.85 bits per heavy atom. The quantitative estimate of drug-likeness (QED) is 0.295. The summed E-state index contributed by atoms with van der Waals surface area (Å²) >= 11 is 0. The number of aliphatic hydroxyl groups is 1. The molecule has 2 unspecified atom stereocenters. The number of hydrogen-bond acceptors (Lipinski definition) is 4. The molecule has 0 aromatic carbocycles. The Morgan fingerprint density at radius 3 is 3.08 bits per heavy atom. The Balaban J connectivity index is 2.54. The van der Waals surface area contributed by atoms with E-state index in [1.54, 1.807) is 6.92 Å². The van der Waals surface area contributed by atoms with Crippen molar-refractivity contribution in [2.45, 2.75) is 31.8 Å². The number of nitrogens with one attached hydrogen (secondary N) is 1. The van der Waals surface area contributed by atoms with Crippen LogP contribution in [0.2, 0.25) is 0 Å². The van der Waals surface area contributed by atoms with E-state index in [9.17, 15) is 4.79 Å². The van der Waals surface area contributed by atoms with Gasteiger partial charge in [-0.2, -0.15) is 0 Å². The molecule has 0 saturated carbocycles. The Kier molecular flexibility index (Phi) is 3.65. The largest absolute Gasteiger partial charge is 0.395 e. The van der Waals surface area contributed by atoms with E-state index < -0.39 is 0 Å². The molecule has 1 amide bonds. The predicted octanol–water partition coefficient (Wildman–Crippen LogP) is -1.18. The van der Waals surface area contributed by atoms with Crippen LogP contribution in [0.25, 0.3) is 0 Å². The summed E-state index contributed by atoms with van der Waals surface area (Å²) in [7, 11) is 0. The van der Waals surface area contributed by atoms with Crippen molar-refractivity contribution < 1.29 is 9.90 Å². The van der Waals surface area contributed by atoms with E-state index >= 15 is 0 Å². The molecule has 0 aromatic heterocycles. The Bertz CT molecular complexity index is 186. The molecule has 1 rings (SSSR count). The third-order valence-electron chi connectivity index (χ3n) is 2.65. The van der Waals surface area contributed by atoms with Gasteiger partial charge in [0.15, 0.2) is 0 Å². The standard InChI is InChI=1S/C8H17N3O2/c1-6(8(13)10-9)11-4-2-3-7(11)5-12/h6-7,12H,2-5,9H2,1H3,(H,10,13). The number of carbonyl (C=O) groups is 1. The number of rotatable bonds is 3. The molecule has 1 aliphatic heterocycles. The van der Waals surface area contributed by atoms with E-state index in [1.165, 1.54) is 0 Å². The SMILES string of the molecule is CC(C(=O)NN)N1CCCC1CO. The van der Waals surface area contributed by atoms with Gasteiger partial charge in [0, 0.05) is 6.04 Å². The van der Waals surface area contributed by atoms with Crippen LogP contribution in [0, 0.1) is 0 Å². The Labute approximate surface area is 77.9 Å². The fourth-order valence-corrected chi connectivity index (χ4v) is 1.84. The second-order valence-corrected chi connectivity index (χ2v) is 3.40. The first kappa shape index (κ1) is 10.4. The average Bonchev–Trinajstić information content (AvgIpc) is 2.62. The number of aliphatic hydroxyl groups excluding tert-OH is 1. The number of nitrogens with zero attached hydrogens (tertiary/aromatic N) is 1. The van der Waals surface area contributed by atoms with Gasteiger partial charge in [-0.05, 0) is 26.3 Å². The number of amides is 1. The smallest absolute Gasteiger partial charge is 0.250 e. The summed E-state index contributed by atoms with van der Waals surface area (Å²) < 4.78 is 0. The van der Waals surface area contributed by atoms with Crippen LogP contribution in [-0.4, -0.2) is 41.1 Å². The lowest BCUT2D eigenvalue weighted by molar-refractivity contribution is -0.126.